The highest BCUT2D eigenvalue weighted by atomic mass is 16.5. The lowest BCUT2D eigenvalue weighted by molar-refractivity contribution is -0.129. The van der Waals surface area contributed by atoms with Gasteiger partial charge in [-0.15, -0.1) is 0 Å². The molecule has 1 amide bonds. The van der Waals surface area contributed by atoms with Crippen LogP contribution in [-0.2, 0) is 17.9 Å². The van der Waals surface area contributed by atoms with Crippen LogP contribution in [0, 0.1) is 0 Å². The van der Waals surface area contributed by atoms with Crippen molar-refractivity contribution in [3.63, 3.8) is 0 Å². The molecule has 0 radical (unpaired) electrons. The van der Waals surface area contributed by atoms with Crippen molar-refractivity contribution in [2.45, 2.75) is 13.2 Å². The lowest BCUT2D eigenvalue weighted by Crippen LogP contribution is -2.26. The highest BCUT2D eigenvalue weighted by Gasteiger charge is 2.14. The Kier molecular flexibility index (Phi) is 5.66. The number of likely N-dealkylation sites (N-methyl/N-ethyl adjacent to an activating group) is 1. The molecule has 6 nitrogen and oxygen atoms in total. The molecule has 0 N–H and O–H groups in total. The van der Waals surface area contributed by atoms with Gasteiger partial charge in [-0.1, -0.05) is 42.5 Å². The molecule has 0 aliphatic carbocycles. The van der Waals surface area contributed by atoms with Crippen LogP contribution >= 0.6 is 0 Å². The van der Waals surface area contributed by atoms with Crippen LogP contribution in [0.3, 0.4) is 0 Å². The number of rotatable bonds is 7. The van der Waals surface area contributed by atoms with Crippen molar-refractivity contribution in [2.75, 3.05) is 14.1 Å². The SMILES string of the molecule is CN(C)C(=O)Cn1cc(-c2cccc(OCc3ccccc3)c2C=O)cn1. The van der Waals surface area contributed by atoms with Gasteiger partial charge in [0.15, 0.2) is 6.29 Å². The maximum Gasteiger partial charge on any atom is 0.243 e. The maximum atomic E-state index is 11.8. The van der Waals surface area contributed by atoms with E-state index in [1.807, 2.05) is 42.5 Å². The largest absolute Gasteiger partial charge is 0.488 e. The number of nitrogens with zero attached hydrogens (tertiary/aromatic N) is 3. The minimum absolute atomic E-state index is 0.0554. The van der Waals surface area contributed by atoms with E-state index in [4.69, 9.17) is 4.74 Å². The summed E-state index contributed by atoms with van der Waals surface area (Å²) in [6.07, 6.45) is 4.19. The zero-order valence-corrected chi connectivity index (χ0v) is 15.3. The van der Waals surface area contributed by atoms with Gasteiger partial charge in [-0.05, 0) is 17.2 Å². The molecule has 3 aromatic rings. The molecule has 0 spiro atoms. The quantitative estimate of drug-likeness (QED) is 0.605. The number of hydrogen-bond acceptors (Lipinski definition) is 4. The van der Waals surface area contributed by atoms with E-state index in [1.165, 1.54) is 4.90 Å². The van der Waals surface area contributed by atoms with E-state index in [0.29, 0.717) is 17.9 Å². The maximum absolute atomic E-state index is 11.8. The van der Waals surface area contributed by atoms with Crippen molar-refractivity contribution in [1.29, 1.82) is 0 Å². The van der Waals surface area contributed by atoms with Crippen LogP contribution < -0.4 is 4.74 Å². The van der Waals surface area contributed by atoms with Gasteiger partial charge in [0.05, 0.1) is 11.8 Å². The minimum Gasteiger partial charge on any atom is -0.488 e. The standard InChI is InChI=1S/C21H21N3O3/c1-23(2)21(26)13-24-12-17(11-22-24)18-9-6-10-20(19(18)14-25)27-15-16-7-4-3-5-8-16/h3-12,14H,13,15H2,1-2H3. The fourth-order valence-electron chi connectivity index (χ4n) is 2.65. The number of carbonyl (C=O) groups is 2. The molecule has 1 heterocycles. The van der Waals surface area contributed by atoms with Crippen LogP contribution in [0.2, 0.25) is 0 Å². The molecule has 0 aliphatic rings. The number of benzene rings is 2. The van der Waals surface area contributed by atoms with Crippen molar-refractivity contribution in [3.05, 3.63) is 72.1 Å². The highest BCUT2D eigenvalue weighted by Crippen LogP contribution is 2.29. The molecule has 3 rings (SSSR count). The Morgan fingerprint density at radius 2 is 1.93 bits per heavy atom. The fraction of sp³-hybridized carbons (Fsp3) is 0.190. The van der Waals surface area contributed by atoms with Gasteiger partial charge in [-0.25, -0.2) is 0 Å². The van der Waals surface area contributed by atoms with Crippen LogP contribution in [0.1, 0.15) is 15.9 Å². The number of amides is 1. The van der Waals surface area contributed by atoms with Crippen molar-refractivity contribution in [2.24, 2.45) is 0 Å². The Balaban J connectivity index is 1.83. The topological polar surface area (TPSA) is 64.4 Å². The molecule has 0 bridgehead atoms. The Morgan fingerprint density at radius 1 is 1.15 bits per heavy atom. The van der Waals surface area contributed by atoms with E-state index >= 15 is 0 Å². The third-order valence-electron chi connectivity index (χ3n) is 4.16. The van der Waals surface area contributed by atoms with E-state index in [0.717, 1.165) is 23.0 Å². The lowest BCUT2D eigenvalue weighted by atomic mass is 10.0. The van der Waals surface area contributed by atoms with E-state index < -0.39 is 0 Å². The smallest absolute Gasteiger partial charge is 0.243 e. The Morgan fingerprint density at radius 3 is 2.63 bits per heavy atom. The predicted molar refractivity (Wildman–Crippen MR) is 103 cm³/mol. The van der Waals surface area contributed by atoms with Crippen LogP contribution in [0.25, 0.3) is 11.1 Å². The lowest BCUT2D eigenvalue weighted by Gasteiger charge is -2.11. The van der Waals surface area contributed by atoms with Gasteiger partial charge in [0, 0.05) is 25.9 Å². The molecule has 27 heavy (non-hydrogen) atoms. The molecule has 0 saturated carbocycles. The summed E-state index contributed by atoms with van der Waals surface area (Å²) in [5, 5.41) is 4.23. The van der Waals surface area contributed by atoms with Gasteiger partial charge < -0.3 is 9.64 Å². The summed E-state index contributed by atoms with van der Waals surface area (Å²) in [7, 11) is 3.40. The zero-order chi connectivity index (χ0) is 19.2. The average Bonchev–Trinajstić information content (AvgIpc) is 3.15. The molecular formula is C21H21N3O3. The van der Waals surface area contributed by atoms with Gasteiger partial charge in [-0.2, -0.15) is 5.10 Å². The van der Waals surface area contributed by atoms with E-state index in [1.54, 1.807) is 37.2 Å². The predicted octanol–water partition coefficient (Wildman–Crippen LogP) is 3.03. The van der Waals surface area contributed by atoms with Crippen LogP contribution in [0.5, 0.6) is 5.75 Å². The van der Waals surface area contributed by atoms with E-state index in [2.05, 4.69) is 5.10 Å². The Labute approximate surface area is 158 Å². The number of aldehydes is 1. The van der Waals surface area contributed by atoms with Crippen molar-refractivity contribution >= 4 is 12.2 Å². The van der Waals surface area contributed by atoms with Gasteiger partial charge in [0.1, 0.15) is 18.9 Å². The second kappa shape index (κ2) is 8.31. The molecule has 0 fully saturated rings. The zero-order valence-electron chi connectivity index (χ0n) is 15.3. The highest BCUT2D eigenvalue weighted by molar-refractivity contribution is 5.90. The van der Waals surface area contributed by atoms with Crippen molar-refractivity contribution in [3.8, 4) is 16.9 Å². The third kappa shape index (κ3) is 4.41. The van der Waals surface area contributed by atoms with Crippen molar-refractivity contribution < 1.29 is 14.3 Å². The van der Waals surface area contributed by atoms with Crippen LogP contribution in [-0.4, -0.2) is 41.0 Å². The first-order chi connectivity index (χ1) is 13.1. The first-order valence-electron chi connectivity index (χ1n) is 8.56. The number of hydrogen-bond donors (Lipinski definition) is 0. The second-order valence-corrected chi connectivity index (χ2v) is 6.32. The van der Waals surface area contributed by atoms with Gasteiger partial charge >= 0.3 is 0 Å². The molecule has 2 aromatic carbocycles. The summed E-state index contributed by atoms with van der Waals surface area (Å²) in [6.45, 7) is 0.523. The molecule has 0 aliphatic heterocycles. The molecular weight excluding hydrogens is 342 g/mol. The molecule has 138 valence electrons. The fourth-order valence-corrected chi connectivity index (χ4v) is 2.65. The first kappa shape index (κ1) is 18.4. The van der Waals surface area contributed by atoms with Crippen LogP contribution in [0.4, 0.5) is 0 Å². The summed E-state index contributed by atoms with van der Waals surface area (Å²) in [5.41, 5.74) is 2.97. The third-order valence-corrected chi connectivity index (χ3v) is 4.16. The molecule has 0 unspecified atom stereocenters. The summed E-state index contributed by atoms with van der Waals surface area (Å²) < 4.78 is 7.42. The summed E-state index contributed by atoms with van der Waals surface area (Å²) in [4.78, 5) is 25.1. The average molecular weight is 363 g/mol. The summed E-state index contributed by atoms with van der Waals surface area (Å²) >= 11 is 0. The minimum atomic E-state index is -0.0554. The Bertz CT molecular complexity index is 933. The normalized spacial score (nSPS) is 10.4. The number of carbonyl (C=O) groups excluding carboxylic acids is 2. The van der Waals surface area contributed by atoms with E-state index in [9.17, 15) is 9.59 Å². The molecule has 6 heteroatoms. The summed E-state index contributed by atoms with van der Waals surface area (Å²) in [5.74, 6) is 0.462. The Hall–Kier alpha value is -3.41. The van der Waals surface area contributed by atoms with Gasteiger partial charge in [0.2, 0.25) is 5.91 Å². The van der Waals surface area contributed by atoms with Crippen molar-refractivity contribution in [1.82, 2.24) is 14.7 Å². The monoisotopic (exact) mass is 363 g/mol. The van der Waals surface area contributed by atoms with Crippen LogP contribution in [0.15, 0.2) is 60.9 Å². The van der Waals surface area contributed by atoms with Gasteiger partial charge in [0.25, 0.3) is 0 Å². The number of aromatic nitrogens is 2. The summed E-state index contributed by atoms with van der Waals surface area (Å²) in [6, 6.07) is 15.2. The second-order valence-electron chi connectivity index (χ2n) is 6.32. The molecule has 1 aromatic heterocycles. The molecule has 0 saturated heterocycles. The number of ether oxygens (including phenoxy) is 1. The van der Waals surface area contributed by atoms with E-state index in [-0.39, 0.29) is 12.5 Å². The molecule has 0 atom stereocenters. The first-order valence-corrected chi connectivity index (χ1v) is 8.56. The van der Waals surface area contributed by atoms with Gasteiger partial charge in [-0.3, -0.25) is 14.3 Å².